The Kier molecular flexibility index (Phi) is 6.57. The van der Waals surface area contributed by atoms with Gasteiger partial charge in [-0.1, -0.05) is 43.7 Å². The quantitative estimate of drug-likeness (QED) is 0.821. The lowest BCUT2D eigenvalue weighted by molar-refractivity contribution is -0.132. The van der Waals surface area contributed by atoms with E-state index in [1.165, 1.54) is 11.1 Å². The fourth-order valence-electron chi connectivity index (χ4n) is 1.97. The zero-order valence-electron chi connectivity index (χ0n) is 12.4. The Morgan fingerprint density at radius 3 is 2.42 bits per heavy atom. The molecule has 106 valence electrons. The van der Waals surface area contributed by atoms with Gasteiger partial charge in [-0.05, 0) is 25.3 Å². The summed E-state index contributed by atoms with van der Waals surface area (Å²) in [5.74, 6) is 0.164. The number of rotatable bonds is 7. The number of amides is 1. The lowest BCUT2D eigenvalue weighted by Gasteiger charge is -2.23. The van der Waals surface area contributed by atoms with Crippen LogP contribution in [0.25, 0.3) is 0 Å². The van der Waals surface area contributed by atoms with Crippen molar-refractivity contribution in [3.8, 4) is 0 Å². The maximum atomic E-state index is 12.2. The summed E-state index contributed by atoms with van der Waals surface area (Å²) in [5, 5.41) is 0. The Balaban J connectivity index is 2.66. The van der Waals surface area contributed by atoms with Gasteiger partial charge in [-0.2, -0.15) is 0 Å². The van der Waals surface area contributed by atoms with E-state index in [-0.39, 0.29) is 11.9 Å². The lowest BCUT2D eigenvalue weighted by atomic mass is 10.1. The molecule has 0 aliphatic carbocycles. The van der Waals surface area contributed by atoms with Crippen LogP contribution < -0.4 is 5.73 Å². The molecule has 0 radical (unpaired) electrons. The summed E-state index contributed by atoms with van der Waals surface area (Å²) in [6.45, 7) is 7.66. The molecule has 0 aliphatic rings. The molecule has 1 atom stereocenters. The minimum Gasteiger partial charge on any atom is -0.338 e. The molecule has 3 heteroatoms. The van der Waals surface area contributed by atoms with Crippen LogP contribution in [-0.4, -0.2) is 23.4 Å². The van der Waals surface area contributed by atoms with E-state index in [1.54, 1.807) is 0 Å². The van der Waals surface area contributed by atoms with Crippen LogP contribution in [0.5, 0.6) is 0 Å². The minimum atomic E-state index is -0.0233. The van der Waals surface area contributed by atoms with E-state index in [2.05, 4.69) is 38.1 Å². The fraction of sp³-hybridized carbons (Fsp3) is 0.562. The highest BCUT2D eigenvalue weighted by molar-refractivity contribution is 5.76. The minimum absolute atomic E-state index is 0.0233. The summed E-state index contributed by atoms with van der Waals surface area (Å²) in [5.41, 5.74) is 8.29. The van der Waals surface area contributed by atoms with E-state index >= 15 is 0 Å². The molecule has 2 N–H and O–H groups in total. The molecule has 1 rings (SSSR count). The number of aryl methyl sites for hydroxylation is 1. The number of benzene rings is 1. The van der Waals surface area contributed by atoms with Gasteiger partial charge >= 0.3 is 0 Å². The van der Waals surface area contributed by atoms with Gasteiger partial charge in [0.2, 0.25) is 5.91 Å². The average molecular weight is 262 g/mol. The van der Waals surface area contributed by atoms with Crippen molar-refractivity contribution in [2.45, 2.75) is 52.6 Å². The van der Waals surface area contributed by atoms with Gasteiger partial charge in [0.15, 0.2) is 0 Å². The second-order valence-electron chi connectivity index (χ2n) is 5.17. The summed E-state index contributed by atoms with van der Waals surface area (Å²) in [6.07, 6.45) is 2.26. The Morgan fingerprint density at radius 2 is 1.89 bits per heavy atom. The van der Waals surface area contributed by atoms with Crippen LogP contribution >= 0.6 is 0 Å². The van der Waals surface area contributed by atoms with E-state index in [1.807, 2.05) is 11.8 Å². The van der Waals surface area contributed by atoms with Crippen molar-refractivity contribution in [3.05, 3.63) is 35.4 Å². The van der Waals surface area contributed by atoms with Crippen LogP contribution in [0.4, 0.5) is 0 Å². The van der Waals surface area contributed by atoms with Crippen LogP contribution in [0, 0.1) is 6.92 Å². The van der Waals surface area contributed by atoms with Gasteiger partial charge in [0.05, 0.1) is 0 Å². The van der Waals surface area contributed by atoms with Gasteiger partial charge in [0.25, 0.3) is 0 Å². The van der Waals surface area contributed by atoms with Crippen molar-refractivity contribution in [3.63, 3.8) is 0 Å². The van der Waals surface area contributed by atoms with Crippen LogP contribution in [0.3, 0.4) is 0 Å². The Morgan fingerprint density at radius 1 is 1.26 bits per heavy atom. The van der Waals surface area contributed by atoms with Gasteiger partial charge < -0.3 is 10.6 Å². The maximum Gasteiger partial charge on any atom is 0.224 e. The van der Waals surface area contributed by atoms with E-state index in [4.69, 9.17) is 5.73 Å². The molecule has 0 aromatic heterocycles. The standard InChI is InChI=1S/C16H26N2O/c1-4-10-18(16(19)11-15(17)5-2)12-14-8-6-13(3)7-9-14/h6-9,15H,4-5,10-12,17H2,1-3H3. The van der Waals surface area contributed by atoms with E-state index in [0.29, 0.717) is 13.0 Å². The lowest BCUT2D eigenvalue weighted by Crippen LogP contribution is -2.35. The van der Waals surface area contributed by atoms with Gasteiger partial charge in [-0.15, -0.1) is 0 Å². The molecule has 1 aromatic carbocycles. The smallest absolute Gasteiger partial charge is 0.224 e. The highest BCUT2D eigenvalue weighted by atomic mass is 16.2. The number of hydrogen-bond donors (Lipinski definition) is 1. The molecule has 1 unspecified atom stereocenters. The molecule has 0 saturated heterocycles. The summed E-state index contributed by atoms with van der Waals surface area (Å²) < 4.78 is 0. The largest absolute Gasteiger partial charge is 0.338 e. The summed E-state index contributed by atoms with van der Waals surface area (Å²) in [6, 6.07) is 8.32. The van der Waals surface area contributed by atoms with E-state index < -0.39 is 0 Å². The molecule has 3 nitrogen and oxygen atoms in total. The van der Waals surface area contributed by atoms with Crippen LogP contribution in [-0.2, 0) is 11.3 Å². The average Bonchev–Trinajstić information content (AvgIpc) is 2.40. The molecular weight excluding hydrogens is 236 g/mol. The fourth-order valence-corrected chi connectivity index (χ4v) is 1.97. The van der Waals surface area contributed by atoms with Crippen molar-refractivity contribution >= 4 is 5.91 Å². The number of hydrogen-bond acceptors (Lipinski definition) is 2. The third kappa shape index (κ3) is 5.43. The maximum absolute atomic E-state index is 12.2. The van der Waals surface area contributed by atoms with E-state index in [0.717, 1.165) is 19.4 Å². The first-order chi connectivity index (χ1) is 9.06. The second-order valence-corrected chi connectivity index (χ2v) is 5.17. The van der Waals surface area contributed by atoms with Gasteiger partial charge in [0, 0.05) is 25.6 Å². The van der Waals surface area contributed by atoms with Crippen LogP contribution in [0.2, 0.25) is 0 Å². The zero-order valence-corrected chi connectivity index (χ0v) is 12.4. The van der Waals surface area contributed by atoms with Crippen molar-refractivity contribution in [2.75, 3.05) is 6.54 Å². The van der Waals surface area contributed by atoms with Crippen molar-refractivity contribution in [2.24, 2.45) is 5.73 Å². The van der Waals surface area contributed by atoms with Crippen molar-refractivity contribution < 1.29 is 4.79 Å². The first-order valence-electron chi connectivity index (χ1n) is 7.15. The third-order valence-corrected chi connectivity index (χ3v) is 3.30. The first kappa shape index (κ1) is 15.7. The van der Waals surface area contributed by atoms with Crippen molar-refractivity contribution in [1.82, 2.24) is 4.90 Å². The molecule has 0 fully saturated rings. The molecule has 19 heavy (non-hydrogen) atoms. The molecule has 0 heterocycles. The highest BCUT2D eigenvalue weighted by Crippen LogP contribution is 2.10. The molecule has 0 saturated carbocycles. The molecular formula is C16H26N2O. The summed E-state index contributed by atoms with van der Waals surface area (Å²) in [7, 11) is 0. The van der Waals surface area contributed by atoms with Crippen molar-refractivity contribution in [1.29, 1.82) is 0 Å². The molecule has 1 aromatic rings. The summed E-state index contributed by atoms with van der Waals surface area (Å²) in [4.78, 5) is 14.1. The Hall–Kier alpha value is -1.35. The number of carbonyl (C=O) groups is 1. The van der Waals surface area contributed by atoms with E-state index in [9.17, 15) is 4.79 Å². The van der Waals surface area contributed by atoms with Crippen LogP contribution in [0.1, 0.15) is 44.2 Å². The summed E-state index contributed by atoms with van der Waals surface area (Å²) >= 11 is 0. The SMILES string of the molecule is CCCN(Cc1ccc(C)cc1)C(=O)CC(N)CC. The predicted octanol–water partition coefficient (Wildman–Crippen LogP) is 2.86. The normalized spacial score (nSPS) is 12.2. The number of carbonyl (C=O) groups excluding carboxylic acids is 1. The number of nitrogens with two attached hydrogens (primary N) is 1. The predicted molar refractivity (Wildman–Crippen MR) is 79.8 cm³/mol. The molecule has 0 bridgehead atoms. The van der Waals surface area contributed by atoms with Gasteiger partial charge in [-0.3, -0.25) is 4.79 Å². The third-order valence-electron chi connectivity index (χ3n) is 3.30. The zero-order chi connectivity index (χ0) is 14.3. The molecule has 0 spiro atoms. The number of nitrogens with zero attached hydrogens (tertiary/aromatic N) is 1. The van der Waals surface area contributed by atoms with Crippen LogP contribution in [0.15, 0.2) is 24.3 Å². The topological polar surface area (TPSA) is 46.3 Å². The highest BCUT2D eigenvalue weighted by Gasteiger charge is 2.15. The second kappa shape index (κ2) is 7.95. The molecule has 0 aliphatic heterocycles. The Bertz CT molecular complexity index is 386. The monoisotopic (exact) mass is 262 g/mol. The first-order valence-corrected chi connectivity index (χ1v) is 7.15. The molecule has 1 amide bonds. The Labute approximate surface area is 116 Å². The van der Waals surface area contributed by atoms with Gasteiger partial charge in [0.1, 0.15) is 0 Å². The van der Waals surface area contributed by atoms with Gasteiger partial charge in [-0.25, -0.2) is 0 Å².